The first-order valence-electron chi connectivity index (χ1n) is 14.4. The highest BCUT2D eigenvalue weighted by Crippen LogP contribution is 2.31. The fraction of sp³-hybridized carbons (Fsp3) is 0.448. The van der Waals surface area contributed by atoms with Gasteiger partial charge in [-0.2, -0.15) is 0 Å². The average Bonchev–Trinajstić information content (AvgIpc) is 2.96. The maximum Gasteiger partial charge on any atom is 0.328 e. The van der Waals surface area contributed by atoms with Crippen molar-refractivity contribution in [2.45, 2.75) is 19.4 Å². The molecule has 44 heavy (non-hydrogen) atoms. The van der Waals surface area contributed by atoms with E-state index in [1.165, 1.54) is 0 Å². The zero-order valence-electron chi connectivity index (χ0n) is 24.7. The van der Waals surface area contributed by atoms with Crippen molar-refractivity contribution in [2.24, 2.45) is 5.92 Å². The number of hydrogen-bond acceptors (Lipinski definition) is 10. The molecule has 2 aromatic heterocycles. The number of pyridine rings is 1. The summed E-state index contributed by atoms with van der Waals surface area (Å²) in [5, 5.41) is 3.67. The lowest BCUT2D eigenvalue weighted by molar-refractivity contribution is 0.175. The number of hydrogen-bond donors (Lipinski definition) is 2. The molecule has 3 aromatic rings. The molecule has 2 aliphatic heterocycles. The number of piperazine rings is 1. The van der Waals surface area contributed by atoms with Crippen LogP contribution in [0.25, 0.3) is 11.3 Å². The van der Waals surface area contributed by atoms with E-state index in [0.29, 0.717) is 46.4 Å². The second kappa shape index (κ2) is 14.2. The third-order valence-corrected chi connectivity index (χ3v) is 8.58. The molecule has 5 rings (SSSR count). The number of halogens is 2. The number of likely N-dealkylation sites (tertiary alicyclic amines) is 1. The van der Waals surface area contributed by atoms with Crippen molar-refractivity contribution in [3.8, 4) is 22.9 Å². The van der Waals surface area contributed by atoms with E-state index in [9.17, 15) is 13.2 Å². The Bertz CT molecular complexity index is 1540. The third-order valence-electron chi connectivity index (χ3n) is 7.59. The minimum atomic E-state index is -3.59. The minimum absolute atomic E-state index is 0.255. The van der Waals surface area contributed by atoms with E-state index >= 15 is 0 Å². The molecule has 2 N–H and O–H groups in total. The summed E-state index contributed by atoms with van der Waals surface area (Å²) in [6.45, 7) is 6.39. The van der Waals surface area contributed by atoms with E-state index in [0.717, 1.165) is 69.5 Å². The van der Waals surface area contributed by atoms with Crippen molar-refractivity contribution in [2.75, 3.05) is 64.0 Å². The molecule has 2 amide bonds. The van der Waals surface area contributed by atoms with E-state index in [-0.39, 0.29) is 5.92 Å². The summed E-state index contributed by atoms with van der Waals surface area (Å²) in [6, 6.07) is 8.52. The van der Waals surface area contributed by atoms with Gasteiger partial charge in [0.15, 0.2) is 5.75 Å². The first-order valence-corrected chi connectivity index (χ1v) is 17.0. The molecule has 1 aromatic carbocycles. The van der Waals surface area contributed by atoms with Crippen molar-refractivity contribution in [3.63, 3.8) is 0 Å². The van der Waals surface area contributed by atoms with Gasteiger partial charge in [-0.3, -0.25) is 4.90 Å². The zero-order valence-corrected chi connectivity index (χ0v) is 27.0. The molecule has 0 unspecified atom stereocenters. The molecule has 0 atom stereocenters. The number of urea groups is 1. The van der Waals surface area contributed by atoms with E-state index in [1.54, 1.807) is 18.5 Å². The maximum atomic E-state index is 11.8. The summed E-state index contributed by atoms with van der Waals surface area (Å²) in [4.78, 5) is 32.4. The van der Waals surface area contributed by atoms with Gasteiger partial charge in [0, 0.05) is 60.9 Å². The summed E-state index contributed by atoms with van der Waals surface area (Å²) in [5.74, 6) is 1.82. The van der Waals surface area contributed by atoms with Crippen LogP contribution in [0.4, 0.5) is 10.7 Å². The van der Waals surface area contributed by atoms with Crippen LogP contribution in [0.2, 0.25) is 10.0 Å². The predicted molar refractivity (Wildman–Crippen MR) is 171 cm³/mol. The molecule has 236 valence electrons. The topological polar surface area (TPSA) is 133 Å². The maximum absolute atomic E-state index is 11.8. The molecule has 0 saturated carbocycles. The zero-order chi connectivity index (χ0) is 31.3. The number of sulfonamides is 1. The van der Waals surface area contributed by atoms with Gasteiger partial charge < -0.3 is 19.9 Å². The lowest BCUT2D eigenvalue weighted by atomic mass is 9.96. The van der Waals surface area contributed by atoms with Gasteiger partial charge in [-0.1, -0.05) is 23.2 Å². The van der Waals surface area contributed by atoms with Crippen LogP contribution in [0.5, 0.6) is 11.6 Å². The smallest absolute Gasteiger partial charge is 0.328 e. The highest BCUT2D eigenvalue weighted by atomic mass is 35.5. The number of carbonyl (C=O) groups is 1. The van der Waals surface area contributed by atoms with Crippen LogP contribution in [0.15, 0.2) is 42.7 Å². The number of amides is 2. The normalized spacial score (nSPS) is 17.0. The van der Waals surface area contributed by atoms with Crippen molar-refractivity contribution < 1.29 is 17.9 Å². The van der Waals surface area contributed by atoms with Crippen molar-refractivity contribution in [3.05, 3.63) is 58.3 Å². The quantitative estimate of drug-likeness (QED) is 0.348. The number of piperidine rings is 1. The SMILES string of the molecule is CN1CCN(c2ncc(Oc3cc(CN4CCC(CNC(=O)NS(C)(=O)=O)CC4)cc(-c4cc(Cl)cc(Cl)c4)n3)cn2)CC1. The number of anilines is 1. The number of nitrogens with one attached hydrogen (secondary N) is 2. The van der Waals surface area contributed by atoms with Crippen LogP contribution in [0.3, 0.4) is 0 Å². The number of aromatic nitrogens is 3. The van der Waals surface area contributed by atoms with Crippen LogP contribution in [0.1, 0.15) is 18.4 Å². The van der Waals surface area contributed by atoms with Crippen LogP contribution < -0.4 is 19.7 Å². The number of benzene rings is 1. The summed E-state index contributed by atoms with van der Waals surface area (Å²) in [5.41, 5.74) is 2.45. The minimum Gasteiger partial charge on any atom is -0.436 e. The Morgan fingerprint density at radius 2 is 1.64 bits per heavy atom. The lowest BCUT2D eigenvalue weighted by Crippen LogP contribution is -2.45. The Morgan fingerprint density at radius 1 is 0.977 bits per heavy atom. The molecule has 2 aliphatic rings. The van der Waals surface area contributed by atoms with Crippen molar-refractivity contribution >= 4 is 45.2 Å². The summed E-state index contributed by atoms with van der Waals surface area (Å²) >= 11 is 12.6. The predicted octanol–water partition coefficient (Wildman–Crippen LogP) is 3.86. The van der Waals surface area contributed by atoms with E-state index in [4.69, 9.17) is 32.9 Å². The Kier molecular flexibility index (Phi) is 10.4. The van der Waals surface area contributed by atoms with Crippen LogP contribution in [-0.2, 0) is 16.6 Å². The summed E-state index contributed by atoms with van der Waals surface area (Å²) < 4.78 is 30.6. The molecular formula is C29H36Cl2N8O4S. The highest BCUT2D eigenvalue weighted by molar-refractivity contribution is 7.89. The molecule has 0 spiro atoms. The van der Waals surface area contributed by atoms with Gasteiger partial charge in [0.1, 0.15) is 0 Å². The Labute approximate surface area is 267 Å². The Hall–Kier alpha value is -3.23. The summed E-state index contributed by atoms with van der Waals surface area (Å²) in [6.07, 6.45) is 6.01. The molecular weight excluding hydrogens is 627 g/mol. The number of nitrogens with zero attached hydrogens (tertiary/aromatic N) is 6. The molecule has 4 heterocycles. The standard InChI is InChI=1S/C29H36Cl2N8O4S/c1-37-7-9-39(10-8-37)28-32-17-25(18-33-28)43-27-12-21(11-26(35-27)22-13-23(30)15-24(31)14-22)19-38-5-3-20(4-6-38)16-34-29(40)36-44(2,41)42/h11-15,17-18,20H,3-10,16,19H2,1-2H3,(H2,34,36,40). The van der Waals surface area contributed by atoms with Crippen LogP contribution in [-0.4, -0.2) is 98.3 Å². The van der Waals surface area contributed by atoms with Crippen LogP contribution in [0, 0.1) is 5.92 Å². The van der Waals surface area contributed by atoms with Gasteiger partial charge in [0.2, 0.25) is 21.9 Å². The van der Waals surface area contributed by atoms with Crippen LogP contribution >= 0.6 is 23.2 Å². The van der Waals surface area contributed by atoms with Gasteiger partial charge >= 0.3 is 6.03 Å². The van der Waals surface area contributed by atoms with Gasteiger partial charge in [0.05, 0.1) is 24.3 Å². The fourth-order valence-electron chi connectivity index (χ4n) is 5.25. The molecule has 0 bridgehead atoms. The Morgan fingerprint density at radius 3 is 2.27 bits per heavy atom. The molecule has 0 radical (unpaired) electrons. The summed E-state index contributed by atoms with van der Waals surface area (Å²) in [7, 11) is -1.48. The Balaban J connectivity index is 1.27. The third kappa shape index (κ3) is 9.38. The van der Waals surface area contributed by atoms with E-state index < -0.39 is 16.1 Å². The molecule has 0 aliphatic carbocycles. The second-order valence-corrected chi connectivity index (χ2v) is 13.9. The van der Waals surface area contributed by atoms with Gasteiger partial charge in [-0.05, 0) is 68.7 Å². The number of ether oxygens (including phenoxy) is 1. The number of likely N-dealkylation sites (N-methyl/N-ethyl adjacent to an activating group) is 1. The number of rotatable bonds is 9. The lowest BCUT2D eigenvalue weighted by Gasteiger charge is -2.32. The molecule has 2 fully saturated rings. The number of carbonyl (C=O) groups excluding carboxylic acids is 1. The van der Waals surface area contributed by atoms with E-state index in [2.05, 4.69) is 37.0 Å². The highest BCUT2D eigenvalue weighted by Gasteiger charge is 2.22. The molecule has 2 saturated heterocycles. The fourth-order valence-corrected chi connectivity index (χ4v) is 6.19. The van der Waals surface area contributed by atoms with Gasteiger partial charge in [0.25, 0.3) is 0 Å². The molecule has 12 nitrogen and oxygen atoms in total. The van der Waals surface area contributed by atoms with Crippen molar-refractivity contribution in [1.29, 1.82) is 0 Å². The van der Waals surface area contributed by atoms with Gasteiger partial charge in [-0.15, -0.1) is 0 Å². The molecule has 15 heteroatoms. The van der Waals surface area contributed by atoms with Crippen molar-refractivity contribution in [1.82, 2.24) is 34.8 Å². The monoisotopic (exact) mass is 662 g/mol. The van der Waals surface area contributed by atoms with Gasteiger partial charge in [-0.25, -0.2) is 32.9 Å². The first kappa shape index (κ1) is 32.2. The first-order chi connectivity index (χ1) is 21.0. The van der Waals surface area contributed by atoms with E-state index in [1.807, 2.05) is 29.0 Å². The second-order valence-electron chi connectivity index (χ2n) is 11.3. The largest absolute Gasteiger partial charge is 0.436 e. The average molecular weight is 664 g/mol.